The molecular weight excluding hydrogens is 354 g/mol. The molecule has 0 fully saturated rings. The van der Waals surface area contributed by atoms with Crippen LogP contribution in [0.4, 0.5) is 11.5 Å². The lowest BCUT2D eigenvalue weighted by Crippen LogP contribution is -2.33. The van der Waals surface area contributed by atoms with Gasteiger partial charge in [-0.3, -0.25) is 14.8 Å². The number of hydrogen-bond acceptors (Lipinski definition) is 6. The minimum atomic E-state index is -0.00701. The Morgan fingerprint density at radius 3 is 3.04 bits per heavy atom. The van der Waals surface area contributed by atoms with Crippen molar-refractivity contribution in [3.63, 3.8) is 0 Å². The summed E-state index contributed by atoms with van der Waals surface area (Å²) in [5.41, 5.74) is 5.97. The van der Waals surface area contributed by atoms with Gasteiger partial charge in [-0.05, 0) is 30.9 Å². The van der Waals surface area contributed by atoms with Crippen molar-refractivity contribution in [2.45, 2.75) is 25.8 Å². The molecule has 8 heteroatoms. The Morgan fingerprint density at radius 2 is 2.18 bits per heavy atom. The van der Waals surface area contributed by atoms with Crippen LogP contribution in [0.3, 0.4) is 0 Å². The maximum absolute atomic E-state index is 12.5. The molecular formula is C20H21N7O. The Balaban J connectivity index is 1.53. The van der Waals surface area contributed by atoms with Crippen LogP contribution in [-0.4, -0.2) is 51.1 Å². The average molecular weight is 375 g/mol. The van der Waals surface area contributed by atoms with Crippen LogP contribution in [0.5, 0.6) is 0 Å². The number of nitrogens with zero attached hydrogens (tertiary/aromatic N) is 5. The first-order valence-electron chi connectivity index (χ1n) is 9.41. The molecule has 2 N–H and O–H groups in total. The fourth-order valence-corrected chi connectivity index (χ4v) is 4.10. The van der Waals surface area contributed by atoms with Crippen molar-refractivity contribution in [3.05, 3.63) is 41.1 Å². The number of carbonyl (C=O) groups is 1. The highest BCUT2D eigenvalue weighted by Crippen LogP contribution is 2.35. The Bertz CT molecular complexity index is 1120. The van der Waals surface area contributed by atoms with Gasteiger partial charge in [0.1, 0.15) is 17.8 Å². The zero-order chi connectivity index (χ0) is 19.3. The summed E-state index contributed by atoms with van der Waals surface area (Å²) in [4.78, 5) is 35.2. The van der Waals surface area contributed by atoms with Crippen LogP contribution < -0.4 is 5.32 Å². The molecule has 0 saturated carbocycles. The first-order chi connectivity index (χ1) is 13.6. The van der Waals surface area contributed by atoms with E-state index in [4.69, 9.17) is 0 Å². The number of pyridine rings is 1. The van der Waals surface area contributed by atoms with Gasteiger partial charge in [-0.25, -0.2) is 9.97 Å². The molecule has 2 aliphatic rings. The second kappa shape index (κ2) is 6.40. The van der Waals surface area contributed by atoms with Crippen LogP contribution in [0.1, 0.15) is 28.9 Å². The quantitative estimate of drug-likeness (QED) is 0.731. The molecule has 142 valence electrons. The molecule has 28 heavy (non-hydrogen) atoms. The largest absolute Gasteiger partial charge is 0.349 e. The number of aromatic nitrogens is 4. The van der Waals surface area contributed by atoms with E-state index in [2.05, 4.69) is 30.2 Å². The maximum Gasteiger partial charge on any atom is 0.225 e. The predicted octanol–water partition coefficient (Wildman–Crippen LogP) is 2.22. The molecule has 0 bridgehead atoms. The SMILES string of the molecule is CN(C)C(=O)C1CCc2[nH]c3ncnc(Nc4cnc5c(c4)C=NC5)c3c2C1. The number of rotatable bonds is 3. The van der Waals surface area contributed by atoms with Crippen molar-refractivity contribution < 1.29 is 4.79 Å². The van der Waals surface area contributed by atoms with Gasteiger partial charge < -0.3 is 15.2 Å². The third-order valence-electron chi connectivity index (χ3n) is 5.50. The molecule has 1 atom stereocenters. The van der Waals surface area contributed by atoms with Crippen LogP contribution >= 0.6 is 0 Å². The number of nitrogens with one attached hydrogen (secondary N) is 2. The molecule has 3 aromatic rings. The predicted molar refractivity (Wildman–Crippen MR) is 107 cm³/mol. The summed E-state index contributed by atoms with van der Waals surface area (Å²) in [7, 11) is 3.63. The molecule has 1 amide bonds. The van der Waals surface area contributed by atoms with E-state index in [9.17, 15) is 4.79 Å². The van der Waals surface area contributed by atoms with E-state index >= 15 is 0 Å². The van der Waals surface area contributed by atoms with Crippen LogP contribution in [0.25, 0.3) is 11.0 Å². The van der Waals surface area contributed by atoms with Gasteiger partial charge in [0.25, 0.3) is 0 Å². The van der Waals surface area contributed by atoms with Gasteiger partial charge in [0.15, 0.2) is 0 Å². The molecule has 0 spiro atoms. The van der Waals surface area contributed by atoms with Gasteiger partial charge >= 0.3 is 0 Å². The van der Waals surface area contributed by atoms with E-state index in [1.165, 1.54) is 0 Å². The lowest BCUT2D eigenvalue weighted by molar-refractivity contribution is -0.133. The number of hydrogen-bond donors (Lipinski definition) is 2. The van der Waals surface area contributed by atoms with Crippen LogP contribution in [0.2, 0.25) is 0 Å². The van der Waals surface area contributed by atoms with Gasteiger partial charge in [0.2, 0.25) is 5.91 Å². The number of anilines is 2. The zero-order valence-electron chi connectivity index (χ0n) is 15.9. The number of H-pyrrole nitrogens is 1. The summed E-state index contributed by atoms with van der Waals surface area (Å²) in [5.74, 6) is 0.901. The lowest BCUT2D eigenvalue weighted by Gasteiger charge is -2.24. The number of carbonyl (C=O) groups excluding carboxylic acids is 1. The zero-order valence-corrected chi connectivity index (χ0v) is 15.9. The van der Waals surface area contributed by atoms with E-state index in [0.717, 1.165) is 57.9 Å². The van der Waals surface area contributed by atoms with Gasteiger partial charge in [0.05, 0.1) is 29.5 Å². The normalized spacial score (nSPS) is 17.4. The summed E-state index contributed by atoms with van der Waals surface area (Å²) in [6.07, 6.45) is 7.59. The summed E-state index contributed by atoms with van der Waals surface area (Å²) in [6, 6.07) is 2.03. The first kappa shape index (κ1) is 16.9. The number of aliphatic imine (C=N–C) groups is 1. The third kappa shape index (κ3) is 2.72. The van der Waals surface area contributed by atoms with Crippen LogP contribution in [0, 0.1) is 5.92 Å². The molecule has 4 heterocycles. The number of aromatic amines is 1. The highest BCUT2D eigenvalue weighted by Gasteiger charge is 2.29. The highest BCUT2D eigenvalue weighted by molar-refractivity contribution is 5.94. The van der Waals surface area contributed by atoms with E-state index in [-0.39, 0.29) is 11.8 Å². The molecule has 3 aromatic heterocycles. The molecule has 0 radical (unpaired) electrons. The molecule has 5 rings (SSSR count). The van der Waals surface area contributed by atoms with Crippen molar-refractivity contribution in [2.75, 3.05) is 19.4 Å². The molecule has 1 aliphatic carbocycles. The van der Waals surface area contributed by atoms with Crippen molar-refractivity contribution in [2.24, 2.45) is 10.9 Å². The summed E-state index contributed by atoms with van der Waals surface area (Å²) >= 11 is 0. The second-order valence-electron chi connectivity index (χ2n) is 7.56. The Labute approximate surface area is 162 Å². The summed E-state index contributed by atoms with van der Waals surface area (Å²) in [5, 5.41) is 4.35. The minimum absolute atomic E-state index is 0.00701. The van der Waals surface area contributed by atoms with E-state index < -0.39 is 0 Å². The Kier molecular flexibility index (Phi) is 3.85. The van der Waals surface area contributed by atoms with E-state index in [1.807, 2.05) is 26.4 Å². The van der Waals surface area contributed by atoms with Crippen molar-refractivity contribution >= 4 is 34.7 Å². The van der Waals surface area contributed by atoms with Crippen molar-refractivity contribution in [3.8, 4) is 0 Å². The third-order valence-corrected chi connectivity index (χ3v) is 5.50. The molecule has 8 nitrogen and oxygen atoms in total. The lowest BCUT2D eigenvalue weighted by atomic mass is 9.85. The minimum Gasteiger partial charge on any atom is -0.349 e. The van der Waals surface area contributed by atoms with Crippen LogP contribution in [0.15, 0.2) is 23.6 Å². The smallest absolute Gasteiger partial charge is 0.225 e. The second-order valence-corrected chi connectivity index (χ2v) is 7.56. The maximum atomic E-state index is 12.5. The summed E-state index contributed by atoms with van der Waals surface area (Å²) < 4.78 is 0. The number of amides is 1. The first-order valence-corrected chi connectivity index (χ1v) is 9.41. The average Bonchev–Trinajstić information content (AvgIpc) is 3.30. The Hall–Kier alpha value is -3.29. The highest BCUT2D eigenvalue weighted by atomic mass is 16.2. The van der Waals surface area contributed by atoms with Gasteiger partial charge in [-0.2, -0.15) is 0 Å². The summed E-state index contributed by atoms with van der Waals surface area (Å²) in [6.45, 7) is 0.639. The topological polar surface area (TPSA) is 99.2 Å². The Morgan fingerprint density at radius 1 is 1.29 bits per heavy atom. The van der Waals surface area contributed by atoms with Gasteiger partial charge in [-0.15, -0.1) is 0 Å². The van der Waals surface area contributed by atoms with Gasteiger partial charge in [0, 0.05) is 37.5 Å². The standard InChI is InChI=1S/C20H21N7O/c1-27(2)20(28)11-3-4-15-14(6-11)17-18(23-10-24-19(17)26-15)25-13-5-12-7-21-9-16(12)22-8-13/h5,7-8,10-11H,3-4,6,9H2,1-2H3,(H2,23,24,25,26). The van der Waals surface area contributed by atoms with Crippen molar-refractivity contribution in [1.29, 1.82) is 0 Å². The van der Waals surface area contributed by atoms with Crippen LogP contribution in [-0.2, 0) is 24.2 Å². The molecule has 0 aromatic carbocycles. The molecule has 1 unspecified atom stereocenters. The van der Waals surface area contributed by atoms with Crippen molar-refractivity contribution in [1.82, 2.24) is 24.8 Å². The fraction of sp³-hybridized carbons (Fsp3) is 0.350. The number of fused-ring (bicyclic) bond motifs is 4. The van der Waals surface area contributed by atoms with E-state index in [0.29, 0.717) is 13.0 Å². The number of aryl methyl sites for hydroxylation is 1. The molecule has 0 saturated heterocycles. The monoisotopic (exact) mass is 375 g/mol. The van der Waals surface area contributed by atoms with E-state index in [1.54, 1.807) is 17.4 Å². The van der Waals surface area contributed by atoms with Gasteiger partial charge in [-0.1, -0.05) is 0 Å². The molecule has 1 aliphatic heterocycles. The fourth-order valence-electron chi connectivity index (χ4n) is 4.10.